The molecule has 2 aliphatic carbocycles. The number of rotatable bonds is 3. The van der Waals surface area contributed by atoms with Crippen LogP contribution in [0.25, 0.3) is 0 Å². The van der Waals surface area contributed by atoms with E-state index in [-0.39, 0.29) is 28.8 Å². The molecule has 1 amide bonds. The van der Waals surface area contributed by atoms with Gasteiger partial charge in [-0.1, -0.05) is 20.8 Å². The average molecular weight is 266 g/mol. The number of carbonyl (C=O) groups is 1. The van der Waals surface area contributed by atoms with Crippen molar-refractivity contribution in [1.82, 2.24) is 5.32 Å². The maximum absolute atomic E-state index is 12.7. The van der Waals surface area contributed by atoms with Gasteiger partial charge in [-0.05, 0) is 56.8 Å². The SMILES string of the molecule is CC1C(N)CCC(C(=O)NC(C)(C)C2CC2)C1(C)C. The van der Waals surface area contributed by atoms with Gasteiger partial charge >= 0.3 is 0 Å². The van der Waals surface area contributed by atoms with E-state index in [1.54, 1.807) is 0 Å². The molecule has 3 heteroatoms. The summed E-state index contributed by atoms with van der Waals surface area (Å²) in [5.74, 6) is 1.39. The maximum atomic E-state index is 12.7. The smallest absolute Gasteiger partial charge is 0.224 e. The van der Waals surface area contributed by atoms with Crippen molar-refractivity contribution in [2.45, 2.75) is 71.9 Å². The van der Waals surface area contributed by atoms with E-state index in [1.165, 1.54) is 12.8 Å². The van der Waals surface area contributed by atoms with E-state index in [0.29, 0.717) is 11.8 Å². The Balaban J connectivity index is 2.06. The molecule has 0 heterocycles. The zero-order chi connectivity index (χ0) is 14.4. The first-order valence-electron chi connectivity index (χ1n) is 7.74. The molecule has 0 aromatic carbocycles. The molecular weight excluding hydrogens is 236 g/mol. The van der Waals surface area contributed by atoms with Gasteiger partial charge in [0.15, 0.2) is 0 Å². The summed E-state index contributed by atoms with van der Waals surface area (Å²) >= 11 is 0. The Kier molecular flexibility index (Phi) is 3.72. The van der Waals surface area contributed by atoms with Crippen LogP contribution in [0.4, 0.5) is 0 Å². The molecule has 0 saturated heterocycles. The fourth-order valence-electron chi connectivity index (χ4n) is 3.63. The van der Waals surface area contributed by atoms with Crippen LogP contribution in [0.15, 0.2) is 0 Å². The molecule has 0 spiro atoms. The second-order valence-corrected chi connectivity index (χ2v) is 7.89. The van der Waals surface area contributed by atoms with Gasteiger partial charge in [-0.2, -0.15) is 0 Å². The minimum absolute atomic E-state index is 0.0125. The normalized spacial score (nSPS) is 34.9. The largest absolute Gasteiger partial charge is 0.351 e. The van der Waals surface area contributed by atoms with Crippen LogP contribution in [-0.4, -0.2) is 17.5 Å². The molecule has 3 nitrogen and oxygen atoms in total. The summed E-state index contributed by atoms with van der Waals surface area (Å²) in [5.41, 5.74) is 6.11. The van der Waals surface area contributed by atoms with Crippen LogP contribution >= 0.6 is 0 Å². The molecule has 3 atom stereocenters. The number of carbonyl (C=O) groups excluding carboxylic acids is 1. The first-order chi connectivity index (χ1) is 8.66. The van der Waals surface area contributed by atoms with Crippen LogP contribution in [0.3, 0.4) is 0 Å². The highest BCUT2D eigenvalue weighted by Crippen LogP contribution is 2.45. The van der Waals surface area contributed by atoms with Crippen LogP contribution in [-0.2, 0) is 4.79 Å². The van der Waals surface area contributed by atoms with E-state index in [4.69, 9.17) is 5.73 Å². The second kappa shape index (κ2) is 4.76. The van der Waals surface area contributed by atoms with Gasteiger partial charge in [-0.15, -0.1) is 0 Å². The molecule has 3 unspecified atom stereocenters. The second-order valence-electron chi connectivity index (χ2n) is 7.89. The van der Waals surface area contributed by atoms with Gasteiger partial charge in [-0.25, -0.2) is 0 Å². The van der Waals surface area contributed by atoms with Crippen LogP contribution in [0.5, 0.6) is 0 Å². The number of nitrogens with one attached hydrogen (secondary N) is 1. The third kappa shape index (κ3) is 2.81. The zero-order valence-corrected chi connectivity index (χ0v) is 13.1. The highest BCUT2D eigenvalue weighted by molar-refractivity contribution is 5.80. The van der Waals surface area contributed by atoms with Crippen molar-refractivity contribution >= 4 is 5.91 Å². The summed E-state index contributed by atoms with van der Waals surface area (Å²) in [7, 11) is 0. The van der Waals surface area contributed by atoms with Gasteiger partial charge in [0.2, 0.25) is 5.91 Å². The molecular formula is C16H30N2O. The van der Waals surface area contributed by atoms with E-state index >= 15 is 0 Å². The Bertz CT molecular complexity index is 358. The Labute approximate surface area is 117 Å². The number of hydrogen-bond donors (Lipinski definition) is 2. The molecule has 110 valence electrons. The van der Waals surface area contributed by atoms with Crippen LogP contribution < -0.4 is 11.1 Å². The predicted octanol–water partition coefficient (Wildman–Crippen LogP) is 2.69. The lowest BCUT2D eigenvalue weighted by Gasteiger charge is -2.46. The van der Waals surface area contributed by atoms with E-state index in [9.17, 15) is 4.79 Å². The lowest BCUT2D eigenvalue weighted by molar-refractivity contribution is -0.134. The zero-order valence-electron chi connectivity index (χ0n) is 13.1. The first-order valence-corrected chi connectivity index (χ1v) is 7.74. The molecule has 2 saturated carbocycles. The van der Waals surface area contributed by atoms with Crippen molar-refractivity contribution in [2.24, 2.45) is 28.9 Å². The van der Waals surface area contributed by atoms with Gasteiger partial charge < -0.3 is 11.1 Å². The average Bonchev–Trinajstić information content (AvgIpc) is 3.08. The van der Waals surface area contributed by atoms with Crippen LogP contribution in [0.2, 0.25) is 0 Å². The minimum atomic E-state index is -0.0457. The fourth-order valence-corrected chi connectivity index (χ4v) is 3.63. The van der Waals surface area contributed by atoms with Crippen molar-refractivity contribution in [3.63, 3.8) is 0 Å². The Hall–Kier alpha value is -0.570. The first kappa shape index (κ1) is 14.8. The third-order valence-corrected chi connectivity index (χ3v) is 5.86. The standard InChI is InChI=1S/C16H30N2O/c1-10-13(17)9-8-12(15(10,2)3)14(19)18-16(4,5)11-6-7-11/h10-13H,6-9,17H2,1-5H3,(H,18,19). The molecule has 19 heavy (non-hydrogen) atoms. The third-order valence-electron chi connectivity index (χ3n) is 5.86. The van der Waals surface area contributed by atoms with E-state index in [0.717, 1.165) is 12.8 Å². The van der Waals surface area contributed by atoms with Gasteiger partial charge in [0.1, 0.15) is 0 Å². The summed E-state index contributed by atoms with van der Waals surface area (Å²) in [6.45, 7) is 10.9. The summed E-state index contributed by atoms with van der Waals surface area (Å²) in [6, 6.07) is 0.232. The van der Waals surface area contributed by atoms with Crippen molar-refractivity contribution in [2.75, 3.05) is 0 Å². The molecule has 0 aromatic heterocycles. The van der Waals surface area contributed by atoms with Gasteiger partial charge in [0, 0.05) is 17.5 Å². The van der Waals surface area contributed by atoms with Crippen molar-refractivity contribution in [3.05, 3.63) is 0 Å². The highest BCUT2D eigenvalue weighted by Gasteiger charge is 2.47. The molecule has 0 aliphatic heterocycles. The van der Waals surface area contributed by atoms with Gasteiger partial charge in [-0.3, -0.25) is 4.79 Å². The number of amides is 1. The van der Waals surface area contributed by atoms with Crippen molar-refractivity contribution in [1.29, 1.82) is 0 Å². The van der Waals surface area contributed by atoms with Crippen LogP contribution in [0.1, 0.15) is 60.3 Å². The molecule has 2 rings (SSSR count). The monoisotopic (exact) mass is 266 g/mol. The maximum Gasteiger partial charge on any atom is 0.224 e. The molecule has 3 N–H and O–H groups in total. The Morgan fingerprint density at radius 3 is 2.32 bits per heavy atom. The summed E-state index contributed by atoms with van der Waals surface area (Å²) in [6.07, 6.45) is 4.39. The summed E-state index contributed by atoms with van der Waals surface area (Å²) < 4.78 is 0. The quantitative estimate of drug-likeness (QED) is 0.825. The predicted molar refractivity (Wildman–Crippen MR) is 78.6 cm³/mol. The van der Waals surface area contributed by atoms with E-state index in [1.807, 2.05) is 0 Å². The molecule has 2 fully saturated rings. The summed E-state index contributed by atoms with van der Waals surface area (Å²) in [5, 5.41) is 3.30. The highest BCUT2D eigenvalue weighted by atomic mass is 16.2. The molecule has 0 aromatic rings. The molecule has 0 bridgehead atoms. The lowest BCUT2D eigenvalue weighted by atomic mass is 9.60. The lowest BCUT2D eigenvalue weighted by Crippen LogP contribution is -2.55. The number of hydrogen-bond acceptors (Lipinski definition) is 2. The van der Waals surface area contributed by atoms with Crippen molar-refractivity contribution in [3.8, 4) is 0 Å². The molecule has 0 radical (unpaired) electrons. The van der Waals surface area contributed by atoms with Crippen molar-refractivity contribution < 1.29 is 4.79 Å². The summed E-state index contributed by atoms with van der Waals surface area (Å²) in [4.78, 5) is 12.7. The van der Waals surface area contributed by atoms with E-state index < -0.39 is 0 Å². The fraction of sp³-hybridized carbons (Fsp3) is 0.938. The van der Waals surface area contributed by atoms with Gasteiger partial charge in [0.05, 0.1) is 0 Å². The van der Waals surface area contributed by atoms with E-state index in [2.05, 4.69) is 39.9 Å². The molecule has 2 aliphatic rings. The van der Waals surface area contributed by atoms with Gasteiger partial charge in [0.25, 0.3) is 0 Å². The minimum Gasteiger partial charge on any atom is -0.351 e. The Morgan fingerprint density at radius 1 is 1.21 bits per heavy atom. The van der Waals surface area contributed by atoms with Crippen LogP contribution in [0, 0.1) is 23.2 Å². The Morgan fingerprint density at radius 2 is 1.79 bits per heavy atom. The number of nitrogens with two attached hydrogens (primary N) is 1. The topological polar surface area (TPSA) is 55.1 Å².